The number of hydrogen-bond acceptors (Lipinski definition) is 4. The molecule has 0 radical (unpaired) electrons. The highest BCUT2D eigenvalue weighted by atomic mass is 16.5. The number of carbonyl (C=O) groups excluding carboxylic acids is 1. The second kappa shape index (κ2) is 11.0. The number of nitrogens with one attached hydrogen (secondary N) is 1. The predicted molar refractivity (Wildman–Crippen MR) is 140 cm³/mol. The SMILES string of the molecule is CC(C)c1cccc(OCc2cn(-c3ccc(NC(=O)c4ccc(CN(C)C)cc4)cc3)cn2)c1. The van der Waals surface area contributed by atoms with Gasteiger partial charge < -0.3 is 19.5 Å². The summed E-state index contributed by atoms with van der Waals surface area (Å²) in [5, 5.41) is 2.96. The number of ether oxygens (including phenoxy) is 1. The Labute approximate surface area is 207 Å². The van der Waals surface area contributed by atoms with Crippen molar-refractivity contribution in [3.63, 3.8) is 0 Å². The molecule has 0 fully saturated rings. The first-order valence-electron chi connectivity index (χ1n) is 11.8. The van der Waals surface area contributed by atoms with E-state index < -0.39 is 0 Å². The van der Waals surface area contributed by atoms with Gasteiger partial charge in [0.15, 0.2) is 0 Å². The predicted octanol–water partition coefficient (Wildman–Crippen LogP) is 5.89. The smallest absolute Gasteiger partial charge is 0.255 e. The highest BCUT2D eigenvalue weighted by Gasteiger charge is 2.08. The second-order valence-electron chi connectivity index (χ2n) is 9.22. The molecule has 1 heterocycles. The normalized spacial score (nSPS) is 11.1. The van der Waals surface area contributed by atoms with Gasteiger partial charge in [0.1, 0.15) is 12.4 Å². The zero-order valence-corrected chi connectivity index (χ0v) is 20.7. The summed E-state index contributed by atoms with van der Waals surface area (Å²) in [4.78, 5) is 19.2. The summed E-state index contributed by atoms with van der Waals surface area (Å²) < 4.78 is 7.88. The molecule has 0 spiro atoms. The number of amides is 1. The highest BCUT2D eigenvalue weighted by Crippen LogP contribution is 2.21. The van der Waals surface area contributed by atoms with E-state index in [4.69, 9.17) is 4.74 Å². The van der Waals surface area contributed by atoms with Gasteiger partial charge in [-0.15, -0.1) is 0 Å². The van der Waals surface area contributed by atoms with Crippen LogP contribution in [0.1, 0.15) is 46.9 Å². The van der Waals surface area contributed by atoms with Gasteiger partial charge in [-0.05, 0) is 79.7 Å². The average molecular weight is 469 g/mol. The van der Waals surface area contributed by atoms with E-state index in [2.05, 4.69) is 41.2 Å². The molecule has 1 N–H and O–H groups in total. The van der Waals surface area contributed by atoms with Crippen LogP contribution >= 0.6 is 0 Å². The maximum Gasteiger partial charge on any atom is 0.255 e. The van der Waals surface area contributed by atoms with Crippen LogP contribution < -0.4 is 10.1 Å². The Morgan fingerprint density at radius 3 is 2.46 bits per heavy atom. The monoisotopic (exact) mass is 468 g/mol. The third-order valence-electron chi connectivity index (χ3n) is 5.69. The maximum atomic E-state index is 12.6. The number of carbonyl (C=O) groups is 1. The van der Waals surface area contributed by atoms with Crippen LogP contribution in [0.15, 0.2) is 85.3 Å². The molecule has 0 saturated carbocycles. The molecule has 0 aliphatic rings. The lowest BCUT2D eigenvalue weighted by molar-refractivity contribution is 0.102. The topological polar surface area (TPSA) is 59.4 Å². The number of anilines is 1. The highest BCUT2D eigenvalue weighted by molar-refractivity contribution is 6.04. The fourth-order valence-electron chi connectivity index (χ4n) is 3.75. The van der Waals surface area contributed by atoms with E-state index in [1.54, 1.807) is 6.33 Å². The number of aromatic nitrogens is 2. The van der Waals surface area contributed by atoms with Gasteiger partial charge in [-0.3, -0.25) is 4.79 Å². The van der Waals surface area contributed by atoms with E-state index in [9.17, 15) is 4.79 Å². The average Bonchev–Trinajstić information content (AvgIpc) is 3.32. The first-order valence-corrected chi connectivity index (χ1v) is 11.8. The molecule has 3 aromatic carbocycles. The fourth-order valence-corrected chi connectivity index (χ4v) is 3.75. The summed E-state index contributed by atoms with van der Waals surface area (Å²) in [7, 11) is 4.05. The van der Waals surface area contributed by atoms with E-state index in [0.717, 1.165) is 29.4 Å². The van der Waals surface area contributed by atoms with Crippen molar-refractivity contribution in [2.45, 2.75) is 32.9 Å². The van der Waals surface area contributed by atoms with Crippen molar-refractivity contribution in [1.82, 2.24) is 14.5 Å². The van der Waals surface area contributed by atoms with Crippen LogP contribution in [-0.4, -0.2) is 34.5 Å². The Hall–Kier alpha value is -3.90. The molecule has 0 unspecified atom stereocenters. The largest absolute Gasteiger partial charge is 0.487 e. The fraction of sp³-hybridized carbons (Fsp3) is 0.241. The first kappa shape index (κ1) is 24.2. The first-order chi connectivity index (χ1) is 16.9. The van der Waals surface area contributed by atoms with Crippen LogP contribution in [0.2, 0.25) is 0 Å². The van der Waals surface area contributed by atoms with Crippen LogP contribution in [0.3, 0.4) is 0 Å². The molecule has 0 saturated heterocycles. The van der Waals surface area contributed by atoms with Crippen molar-refractivity contribution < 1.29 is 9.53 Å². The lowest BCUT2D eigenvalue weighted by Gasteiger charge is -2.10. The van der Waals surface area contributed by atoms with E-state index in [1.165, 1.54) is 11.1 Å². The van der Waals surface area contributed by atoms with Crippen LogP contribution in [-0.2, 0) is 13.2 Å². The lowest BCUT2D eigenvalue weighted by Crippen LogP contribution is -2.13. The number of benzene rings is 3. The zero-order chi connectivity index (χ0) is 24.8. The molecule has 180 valence electrons. The number of rotatable bonds is 9. The maximum absolute atomic E-state index is 12.6. The molecular weight excluding hydrogens is 436 g/mol. The Morgan fingerprint density at radius 1 is 1.03 bits per heavy atom. The standard InChI is InChI=1S/C29H32N4O2/c1-21(2)24-6-5-7-28(16-24)35-19-26-18-33(20-30-26)27-14-12-25(13-15-27)31-29(34)23-10-8-22(9-11-23)17-32(3)4/h5-16,18,20-21H,17,19H2,1-4H3,(H,31,34). The molecule has 1 aromatic heterocycles. The quantitative estimate of drug-likeness (QED) is 0.333. The van der Waals surface area contributed by atoms with Crippen molar-refractivity contribution in [1.29, 1.82) is 0 Å². The van der Waals surface area contributed by atoms with Crippen molar-refractivity contribution in [2.24, 2.45) is 0 Å². The Morgan fingerprint density at radius 2 is 1.77 bits per heavy atom. The molecule has 6 heteroatoms. The van der Waals surface area contributed by atoms with Gasteiger partial charge in [0.2, 0.25) is 0 Å². The molecular formula is C29H32N4O2. The summed E-state index contributed by atoms with van der Waals surface area (Å²) in [6.45, 7) is 5.58. The Balaban J connectivity index is 1.34. The van der Waals surface area contributed by atoms with E-state index in [0.29, 0.717) is 18.1 Å². The molecule has 0 atom stereocenters. The summed E-state index contributed by atoms with van der Waals surface area (Å²) in [6, 6.07) is 23.5. The van der Waals surface area contributed by atoms with Crippen LogP contribution in [0.25, 0.3) is 5.69 Å². The van der Waals surface area contributed by atoms with Gasteiger partial charge >= 0.3 is 0 Å². The molecule has 0 aliphatic heterocycles. The third kappa shape index (κ3) is 6.58. The number of hydrogen-bond donors (Lipinski definition) is 1. The minimum atomic E-state index is -0.127. The van der Waals surface area contributed by atoms with Gasteiger partial charge in [-0.2, -0.15) is 0 Å². The van der Waals surface area contributed by atoms with Crippen molar-refractivity contribution >= 4 is 11.6 Å². The van der Waals surface area contributed by atoms with Gasteiger partial charge in [0.05, 0.1) is 12.0 Å². The zero-order valence-electron chi connectivity index (χ0n) is 20.7. The number of nitrogens with zero attached hydrogens (tertiary/aromatic N) is 3. The van der Waals surface area contributed by atoms with Crippen molar-refractivity contribution in [3.8, 4) is 11.4 Å². The summed E-state index contributed by atoms with van der Waals surface area (Å²) >= 11 is 0. The lowest BCUT2D eigenvalue weighted by atomic mass is 10.0. The summed E-state index contributed by atoms with van der Waals surface area (Å²) in [5.41, 5.74) is 5.60. The molecule has 4 rings (SSSR count). The molecule has 0 aliphatic carbocycles. The van der Waals surface area contributed by atoms with Crippen molar-refractivity contribution in [2.75, 3.05) is 19.4 Å². The summed E-state index contributed by atoms with van der Waals surface area (Å²) in [6.07, 6.45) is 3.72. The number of imidazole rings is 1. The summed E-state index contributed by atoms with van der Waals surface area (Å²) in [5.74, 6) is 1.18. The van der Waals surface area contributed by atoms with Crippen LogP contribution in [0.5, 0.6) is 5.75 Å². The molecule has 0 bridgehead atoms. The van der Waals surface area contributed by atoms with Gasteiger partial charge in [-0.1, -0.05) is 38.1 Å². The van der Waals surface area contributed by atoms with E-state index >= 15 is 0 Å². The van der Waals surface area contributed by atoms with E-state index in [1.807, 2.05) is 85.5 Å². The van der Waals surface area contributed by atoms with Gasteiger partial charge in [0.25, 0.3) is 5.91 Å². The Kier molecular flexibility index (Phi) is 7.63. The van der Waals surface area contributed by atoms with E-state index in [-0.39, 0.29) is 5.91 Å². The van der Waals surface area contributed by atoms with Crippen LogP contribution in [0.4, 0.5) is 5.69 Å². The molecule has 4 aromatic rings. The minimum absolute atomic E-state index is 0.127. The van der Waals surface area contributed by atoms with Crippen molar-refractivity contribution in [3.05, 3.63) is 108 Å². The molecule has 6 nitrogen and oxygen atoms in total. The molecule has 35 heavy (non-hydrogen) atoms. The van der Waals surface area contributed by atoms with Gasteiger partial charge in [-0.25, -0.2) is 4.98 Å². The Bertz CT molecular complexity index is 1260. The third-order valence-corrected chi connectivity index (χ3v) is 5.69. The second-order valence-corrected chi connectivity index (χ2v) is 9.22. The van der Waals surface area contributed by atoms with Gasteiger partial charge in [0, 0.05) is 29.7 Å². The molecule has 1 amide bonds. The minimum Gasteiger partial charge on any atom is -0.487 e. The van der Waals surface area contributed by atoms with Crippen LogP contribution in [0, 0.1) is 0 Å².